The molecule has 0 aliphatic rings. The van der Waals surface area contributed by atoms with Crippen molar-refractivity contribution in [1.82, 2.24) is 0 Å². The molecule has 0 spiro atoms. The zero-order valence-corrected chi connectivity index (χ0v) is 11.0. The lowest BCUT2D eigenvalue weighted by Crippen LogP contribution is -2.84. The summed E-state index contributed by atoms with van der Waals surface area (Å²) in [6.45, 7) is 0.583. The van der Waals surface area contributed by atoms with Crippen molar-refractivity contribution in [2.45, 2.75) is 12.7 Å². The molecule has 1 aromatic carbocycles. The molecule has 3 N–H and O–H groups in total. The van der Waals surface area contributed by atoms with Crippen molar-refractivity contribution in [2.75, 3.05) is 11.9 Å². The summed E-state index contributed by atoms with van der Waals surface area (Å²) in [4.78, 5) is 11.6. The number of amides is 1. The minimum Gasteiger partial charge on any atom is -0.463 e. The molecule has 0 saturated carbocycles. The van der Waals surface area contributed by atoms with Gasteiger partial charge in [-0.2, -0.15) is 13.2 Å². The molecule has 2 aromatic rings. The SMILES string of the molecule is O=C(C[NH2+]Cc1ccco1)Nc1cccc(C(F)(F)F)c1. The first-order chi connectivity index (χ1) is 9.95. The van der Waals surface area contributed by atoms with E-state index in [2.05, 4.69) is 5.32 Å². The monoisotopic (exact) mass is 299 g/mol. The molecule has 0 aliphatic carbocycles. The van der Waals surface area contributed by atoms with Gasteiger partial charge < -0.3 is 15.1 Å². The second-order valence-corrected chi connectivity index (χ2v) is 4.40. The fourth-order valence-electron chi connectivity index (χ4n) is 1.76. The van der Waals surface area contributed by atoms with Crippen molar-refractivity contribution in [1.29, 1.82) is 0 Å². The summed E-state index contributed by atoms with van der Waals surface area (Å²) in [5.41, 5.74) is -0.666. The summed E-state index contributed by atoms with van der Waals surface area (Å²) in [6.07, 6.45) is -2.89. The maximum atomic E-state index is 12.5. The number of anilines is 1. The summed E-state index contributed by atoms with van der Waals surface area (Å²) >= 11 is 0. The summed E-state index contributed by atoms with van der Waals surface area (Å²) < 4.78 is 42.7. The van der Waals surface area contributed by atoms with E-state index in [0.717, 1.165) is 17.9 Å². The van der Waals surface area contributed by atoms with Crippen molar-refractivity contribution in [2.24, 2.45) is 0 Å². The highest BCUT2D eigenvalue weighted by molar-refractivity contribution is 5.91. The summed E-state index contributed by atoms with van der Waals surface area (Å²) in [5.74, 6) is 0.350. The third kappa shape index (κ3) is 4.64. The van der Waals surface area contributed by atoms with Gasteiger partial charge in [0.2, 0.25) is 0 Å². The van der Waals surface area contributed by atoms with Gasteiger partial charge in [-0.05, 0) is 30.3 Å². The van der Waals surface area contributed by atoms with Gasteiger partial charge in [-0.15, -0.1) is 0 Å². The molecule has 21 heavy (non-hydrogen) atoms. The first kappa shape index (κ1) is 15.1. The van der Waals surface area contributed by atoms with E-state index in [9.17, 15) is 18.0 Å². The molecule has 112 valence electrons. The van der Waals surface area contributed by atoms with Crippen LogP contribution in [0.5, 0.6) is 0 Å². The predicted molar refractivity (Wildman–Crippen MR) is 69.3 cm³/mol. The molecule has 1 heterocycles. The van der Waals surface area contributed by atoms with Crippen molar-refractivity contribution in [3.05, 3.63) is 54.0 Å². The normalized spacial score (nSPS) is 11.4. The standard InChI is InChI=1S/C14H13F3N2O2/c15-14(16,17)10-3-1-4-11(7-10)19-13(20)9-18-8-12-5-2-6-21-12/h1-7,18H,8-9H2,(H,19,20)/p+1. The second-order valence-electron chi connectivity index (χ2n) is 4.40. The number of benzene rings is 1. The van der Waals surface area contributed by atoms with E-state index in [1.807, 2.05) is 0 Å². The van der Waals surface area contributed by atoms with Gasteiger partial charge in [0.05, 0.1) is 11.8 Å². The van der Waals surface area contributed by atoms with Crippen LogP contribution in [-0.4, -0.2) is 12.5 Å². The van der Waals surface area contributed by atoms with Crippen molar-refractivity contribution < 1.29 is 27.7 Å². The van der Waals surface area contributed by atoms with Gasteiger partial charge in [0, 0.05) is 5.69 Å². The van der Waals surface area contributed by atoms with E-state index < -0.39 is 11.7 Å². The fourth-order valence-corrected chi connectivity index (χ4v) is 1.76. The fraction of sp³-hybridized carbons (Fsp3) is 0.214. The number of nitrogens with two attached hydrogens (primary N) is 1. The Morgan fingerprint density at radius 1 is 1.24 bits per heavy atom. The minimum absolute atomic E-state index is 0.0942. The molecule has 0 unspecified atom stereocenters. The number of carbonyl (C=O) groups is 1. The van der Waals surface area contributed by atoms with Crippen LogP contribution >= 0.6 is 0 Å². The van der Waals surface area contributed by atoms with E-state index in [0.29, 0.717) is 6.54 Å². The Morgan fingerprint density at radius 3 is 2.71 bits per heavy atom. The van der Waals surface area contributed by atoms with Gasteiger partial charge in [-0.1, -0.05) is 6.07 Å². The van der Waals surface area contributed by atoms with Crippen LogP contribution < -0.4 is 10.6 Å². The molecule has 0 atom stereocenters. The van der Waals surface area contributed by atoms with Crippen LogP contribution in [0.3, 0.4) is 0 Å². The van der Waals surface area contributed by atoms with Crippen LogP contribution in [0.1, 0.15) is 11.3 Å². The number of hydrogen-bond acceptors (Lipinski definition) is 2. The van der Waals surface area contributed by atoms with E-state index in [1.54, 1.807) is 17.4 Å². The van der Waals surface area contributed by atoms with Gasteiger partial charge in [0.25, 0.3) is 5.91 Å². The predicted octanol–water partition coefficient (Wildman–Crippen LogP) is 2.00. The van der Waals surface area contributed by atoms with Crippen LogP contribution in [0.15, 0.2) is 47.1 Å². The smallest absolute Gasteiger partial charge is 0.416 e. The number of carbonyl (C=O) groups excluding carboxylic acids is 1. The Labute approximate surface area is 119 Å². The molecule has 0 aliphatic heterocycles. The zero-order valence-electron chi connectivity index (χ0n) is 11.0. The topological polar surface area (TPSA) is 58.9 Å². The molecule has 0 fully saturated rings. The quantitative estimate of drug-likeness (QED) is 0.887. The maximum absolute atomic E-state index is 12.5. The molecule has 0 radical (unpaired) electrons. The third-order valence-electron chi connectivity index (χ3n) is 2.73. The molecular formula is C14H14F3N2O2+. The largest absolute Gasteiger partial charge is 0.463 e. The van der Waals surface area contributed by atoms with Crippen LogP contribution in [0.2, 0.25) is 0 Å². The van der Waals surface area contributed by atoms with Gasteiger partial charge in [-0.3, -0.25) is 4.79 Å². The highest BCUT2D eigenvalue weighted by Gasteiger charge is 2.30. The Kier molecular flexibility index (Phi) is 4.64. The van der Waals surface area contributed by atoms with Gasteiger partial charge in [0.15, 0.2) is 12.3 Å². The van der Waals surface area contributed by atoms with E-state index in [4.69, 9.17) is 4.42 Å². The number of nitrogens with one attached hydrogen (secondary N) is 1. The summed E-state index contributed by atoms with van der Waals surface area (Å²) in [6, 6.07) is 8.06. The maximum Gasteiger partial charge on any atom is 0.416 e. The number of halogens is 3. The van der Waals surface area contributed by atoms with E-state index in [1.165, 1.54) is 18.4 Å². The Balaban J connectivity index is 1.85. The number of quaternary nitrogens is 1. The molecule has 7 heteroatoms. The average molecular weight is 299 g/mol. The molecule has 1 amide bonds. The summed E-state index contributed by atoms with van der Waals surface area (Å²) in [5, 5.41) is 4.13. The van der Waals surface area contributed by atoms with Crippen LogP contribution in [0.4, 0.5) is 18.9 Å². The first-order valence-electron chi connectivity index (χ1n) is 6.26. The molecule has 2 rings (SSSR count). The Hall–Kier alpha value is -2.28. The first-order valence-corrected chi connectivity index (χ1v) is 6.26. The molecule has 0 bridgehead atoms. The zero-order chi connectivity index (χ0) is 15.3. The lowest BCUT2D eigenvalue weighted by atomic mass is 10.2. The highest BCUT2D eigenvalue weighted by Crippen LogP contribution is 2.30. The van der Waals surface area contributed by atoms with E-state index >= 15 is 0 Å². The molecule has 1 aromatic heterocycles. The number of alkyl halides is 3. The Morgan fingerprint density at radius 2 is 2.05 bits per heavy atom. The van der Waals surface area contributed by atoms with Crippen LogP contribution in [-0.2, 0) is 17.5 Å². The highest BCUT2D eigenvalue weighted by atomic mass is 19.4. The lowest BCUT2D eigenvalue weighted by Gasteiger charge is -2.09. The number of rotatable bonds is 5. The van der Waals surface area contributed by atoms with Crippen molar-refractivity contribution in [3.8, 4) is 0 Å². The number of furan rings is 1. The van der Waals surface area contributed by atoms with E-state index in [-0.39, 0.29) is 18.1 Å². The van der Waals surface area contributed by atoms with Crippen LogP contribution in [0.25, 0.3) is 0 Å². The average Bonchev–Trinajstić information content (AvgIpc) is 2.91. The summed E-state index contributed by atoms with van der Waals surface area (Å²) in [7, 11) is 0. The molecular weight excluding hydrogens is 285 g/mol. The third-order valence-corrected chi connectivity index (χ3v) is 2.73. The molecule has 4 nitrogen and oxygen atoms in total. The number of hydrogen-bond donors (Lipinski definition) is 2. The van der Waals surface area contributed by atoms with Crippen molar-refractivity contribution >= 4 is 11.6 Å². The van der Waals surface area contributed by atoms with Gasteiger partial charge >= 0.3 is 6.18 Å². The minimum atomic E-state index is -4.42. The lowest BCUT2D eigenvalue weighted by molar-refractivity contribution is -0.661. The van der Waals surface area contributed by atoms with Crippen molar-refractivity contribution in [3.63, 3.8) is 0 Å². The van der Waals surface area contributed by atoms with Crippen LogP contribution in [0, 0.1) is 0 Å². The van der Waals surface area contributed by atoms with Gasteiger partial charge in [0.1, 0.15) is 6.54 Å². The second kappa shape index (κ2) is 6.45. The molecule has 0 saturated heterocycles. The Bertz CT molecular complexity index is 595. The van der Waals surface area contributed by atoms with Gasteiger partial charge in [-0.25, -0.2) is 0 Å².